The number of pyridine rings is 1. The molecule has 1 aromatic carbocycles. The zero-order chi connectivity index (χ0) is 19.2. The summed E-state index contributed by atoms with van der Waals surface area (Å²) in [5, 5.41) is 16.9. The minimum absolute atomic E-state index is 0.0936. The number of hydrogen-bond acceptors (Lipinski definition) is 4. The molecule has 1 aliphatic rings. The average Bonchev–Trinajstić information content (AvgIpc) is 3.51. The molecule has 4 nitrogen and oxygen atoms in total. The first-order valence-corrected chi connectivity index (χ1v) is 10.1. The number of nitriles is 1. The Morgan fingerprint density at radius 1 is 1.37 bits per heavy atom. The number of nitrogens with one attached hydrogen (secondary N) is 2. The molecule has 0 aliphatic heterocycles. The molecule has 2 N–H and O–H groups in total. The predicted molar refractivity (Wildman–Crippen MR) is 111 cm³/mol. The molecule has 0 radical (unpaired) electrons. The fourth-order valence-corrected chi connectivity index (χ4v) is 3.40. The second kappa shape index (κ2) is 9.21. The number of anilines is 2. The Bertz CT molecular complexity index is 824. The van der Waals surface area contributed by atoms with E-state index in [1.54, 1.807) is 0 Å². The van der Waals surface area contributed by atoms with Crippen LogP contribution in [0.25, 0.3) is 0 Å². The van der Waals surface area contributed by atoms with E-state index in [1.807, 2.05) is 31.3 Å². The summed E-state index contributed by atoms with van der Waals surface area (Å²) in [7, 11) is 0. The number of unbranched alkanes of at least 4 members (excludes halogenated alkanes) is 1. The van der Waals surface area contributed by atoms with Crippen molar-refractivity contribution in [3.8, 4) is 6.07 Å². The van der Waals surface area contributed by atoms with Crippen LogP contribution in [0.4, 0.5) is 11.5 Å². The third-order valence-electron chi connectivity index (χ3n) is 5.11. The molecule has 1 atom stereocenters. The molecular formula is C22H27ClN4. The average molecular weight is 383 g/mol. The summed E-state index contributed by atoms with van der Waals surface area (Å²) in [5.74, 6) is 1.45. The molecule has 0 amide bonds. The van der Waals surface area contributed by atoms with Crippen molar-refractivity contribution in [3.63, 3.8) is 0 Å². The van der Waals surface area contributed by atoms with Crippen molar-refractivity contribution >= 4 is 23.1 Å². The maximum Gasteiger partial charge on any atom is 0.130 e. The van der Waals surface area contributed by atoms with Gasteiger partial charge in [0.25, 0.3) is 0 Å². The van der Waals surface area contributed by atoms with Gasteiger partial charge in [-0.25, -0.2) is 4.98 Å². The molecule has 0 bridgehead atoms. The van der Waals surface area contributed by atoms with Crippen LogP contribution < -0.4 is 10.6 Å². The SMILES string of the molecule is CCCCC(C#N)NCc1cnc(Nc2cccc(Cl)c2C)cc1C1CC1. The highest BCUT2D eigenvalue weighted by Crippen LogP contribution is 2.42. The quantitative estimate of drug-likeness (QED) is 0.572. The molecule has 1 aromatic heterocycles. The lowest BCUT2D eigenvalue weighted by molar-refractivity contribution is 0.539. The van der Waals surface area contributed by atoms with Gasteiger partial charge in [0, 0.05) is 23.5 Å². The molecular weight excluding hydrogens is 356 g/mol. The van der Waals surface area contributed by atoms with Gasteiger partial charge in [0.05, 0.1) is 12.1 Å². The monoisotopic (exact) mass is 382 g/mol. The van der Waals surface area contributed by atoms with Crippen LogP contribution in [0, 0.1) is 18.3 Å². The van der Waals surface area contributed by atoms with Crippen molar-refractivity contribution < 1.29 is 0 Å². The molecule has 5 heteroatoms. The molecule has 0 spiro atoms. The summed E-state index contributed by atoms with van der Waals surface area (Å²) in [4.78, 5) is 4.60. The molecule has 0 saturated heterocycles. The van der Waals surface area contributed by atoms with Crippen molar-refractivity contribution in [2.24, 2.45) is 0 Å². The summed E-state index contributed by atoms with van der Waals surface area (Å²) < 4.78 is 0. The molecule has 1 heterocycles. The number of halogens is 1. The summed E-state index contributed by atoms with van der Waals surface area (Å²) in [5.41, 5.74) is 4.54. The largest absolute Gasteiger partial charge is 0.340 e. The van der Waals surface area contributed by atoms with Gasteiger partial charge in [-0.15, -0.1) is 0 Å². The van der Waals surface area contributed by atoms with Gasteiger partial charge < -0.3 is 5.32 Å². The number of aromatic nitrogens is 1. The third kappa shape index (κ3) is 5.22. The van der Waals surface area contributed by atoms with Crippen molar-refractivity contribution in [3.05, 3.63) is 52.2 Å². The molecule has 2 aromatic rings. The van der Waals surface area contributed by atoms with Crippen LogP contribution in [0.15, 0.2) is 30.5 Å². The summed E-state index contributed by atoms with van der Waals surface area (Å²) in [6.45, 7) is 4.84. The van der Waals surface area contributed by atoms with Gasteiger partial charge in [-0.1, -0.05) is 37.4 Å². The first kappa shape index (κ1) is 19.7. The fraction of sp³-hybridized carbons (Fsp3) is 0.455. The Hall–Kier alpha value is -2.09. The van der Waals surface area contributed by atoms with Crippen LogP contribution >= 0.6 is 11.6 Å². The molecule has 27 heavy (non-hydrogen) atoms. The summed E-state index contributed by atoms with van der Waals surface area (Å²) in [6, 6.07) is 10.3. The number of benzene rings is 1. The number of rotatable bonds is 9. The zero-order valence-electron chi connectivity index (χ0n) is 16.1. The van der Waals surface area contributed by atoms with E-state index in [0.717, 1.165) is 41.4 Å². The normalized spacial score (nSPS) is 14.6. The molecule has 1 unspecified atom stereocenters. The van der Waals surface area contributed by atoms with Gasteiger partial charge >= 0.3 is 0 Å². The van der Waals surface area contributed by atoms with Crippen LogP contribution in [0.5, 0.6) is 0 Å². The van der Waals surface area contributed by atoms with E-state index >= 15 is 0 Å². The van der Waals surface area contributed by atoms with Crippen LogP contribution in [0.1, 0.15) is 61.6 Å². The first-order valence-electron chi connectivity index (χ1n) is 9.76. The maximum absolute atomic E-state index is 9.33. The summed E-state index contributed by atoms with van der Waals surface area (Å²) in [6.07, 6.45) is 7.47. The van der Waals surface area contributed by atoms with Crippen LogP contribution in [0.2, 0.25) is 5.02 Å². The highest BCUT2D eigenvalue weighted by Gasteiger charge is 2.27. The standard InChI is InChI=1S/C22H27ClN4/c1-3-4-6-18(12-24)25-13-17-14-26-22(11-19(17)16-9-10-16)27-21-8-5-7-20(23)15(21)2/h5,7-8,11,14,16,18,25H,3-4,6,9-10,13H2,1-2H3,(H,26,27). The highest BCUT2D eigenvalue weighted by molar-refractivity contribution is 6.31. The van der Waals surface area contributed by atoms with E-state index < -0.39 is 0 Å². The fourth-order valence-electron chi connectivity index (χ4n) is 3.22. The van der Waals surface area contributed by atoms with E-state index in [-0.39, 0.29) is 6.04 Å². The van der Waals surface area contributed by atoms with Gasteiger partial charge in [-0.3, -0.25) is 5.32 Å². The minimum atomic E-state index is -0.0936. The predicted octanol–water partition coefficient (Wildman–Crippen LogP) is 5.84. The minimum Gasteiger partial charge on any atom is -0.340 e. The lowest BCUT2D eigenvalue weighted by Gasteiger charge is -2.16. The van der Waals surface area contributed by atoms with Crippen LogP contribution in [-0.4, -0.2) is 11.0 Å². The highest BCUT2D eigenvalue weighted by atomic mass is 35.5. The van der Waals surface area contributed by atoms with E-state index in [0.29, 0.717) is 12.5 Å². The Labute approximate surface area is 167 Å². The lowest BCUT2D eigenvalue weighted by atomic mass is 10.0. The van der Waals surface area contributed by atoms with E-state index in [4.69, 9.17) is 11.6 Å². The summed E-state index contributed by atoms with van der Waals surface area (Å²) >= 11 is 6.22. The van der Waals surface area contributed by atoms with Gasteiger partial charge in [0.15, 0.2) is 0 Å². The van der Waals surface area contributed by atoms with Gasteiger partial charge in [-0.2, -0.15) is 5.26 Å². The van der Waals surface area contributed by atoms with Crippen molar-refractivity contribution in [2.45, 2.75) is 64.5 Å². The Morgan fingerprint density at radius 2 is 2.19 bits per heavy atom. The number of hydrogen-bond donors (Lipinski definition) is 2. The third-order valence-corrected chi connectivity index (χ3v) is 5.52. The van der Waals surface area contributed by atoms with E-state index in [9.17, 15) is 5.26 Å². The van der Waals surface area contributed by atoms with Crippen molar-refractivity contribution in [1.82, 2.24) is 10.3 Å². The molecule has 1 fully saturated rings. The van der Waals surface area contributed by atoms with Gasteiger partial charge in [0.1, 0.15) is 5.82 Å². The Kier molecular flexibility index (Phi) is 6.71. The lowest BCUT2D eigenvalue weighted by Crippen LogP contribution is -2.27. The zero-order valence-corrected chi connectivity index (χ0v) is 16.8. The van der Waals surface area contributed by atoms with Crippen molar-refractivity contribution in [1.29, 1.82) is 5.26 Å². The van der Waals surface area contributed by atoms with E-state index in [2.05, 4.69) is 34.7 Å². The van der Waals surface area contributed by atoms with E-state index in [1.165, 1.54) is 24.0 Å². The number of nitrogens with zero attached hydrogens (tertiary/aromatic N) is 2. The maximum atomic E-state index is 9.33. The van der Waals surface area contributed by atoms with Crippen LogP contribution in [0.3, 0.4) is 0 Å². The molecule has 1 saturated carbocycles. The smallest absolute Gasteiger partial charge is 0.130 e. The van der Waals surface area contributed by atoms with Crippen molar-refractivity contribution in [2.75, 3.05) is 5.32 Å². The second-order valence-electron chi connectivity index (χ2n) is 7.28. The van der Waals surface area contributed by atoms with Gasteiger partial charge in [-0.05, 0) is 67.0 Å². The first-order chi connectivity index (χ1) is 13.1. The molecule has 1 aliphatic carbocycles. The Morgan fingerprint density at radius 3 is 2.89 bits per heavy atom. The molecule has 142 valence electrons. The topological polar surface area (TPSA) is 60.7 Å². The second-order valence-corrected chi connectivity index (χ2v) is 7.69. The molecule has 3 rings (SSSR count). The Balaban J connectivity index is 1.73. The van der Waals surface area contributed by atoms with Crippen LogP contribution in [-0.2, 0) is 6.54 Å². The van der Waals surface area contributed by atoms with Gasteiger partial charge in [0.2, 0.25) is 0 Å².